The first-order valence-corrected chi connectivity index (χ1v) is 13.0. The van der Waals surface area contributed by atoms with Crippen molar-refractivity contribution in [3.05, 3.63) is 48.0 Å². The maximum absolute atomic E-state index is 8.60. The van der Waals surface area contributed by atoms with Crippen molar-refractivity contribution in [3.63, 3.8) is 0 Å². The SMILES string of the molecule is CN(C)CCCN1c2ccccc2Sc2cc(C=[N+](C)C)ccc21.[O-][Cl+3]([O-])([O-])O.[O-][Cl+3]([O-])([O-])[O-]. The van der Waals surface area contributed by atoms with Gasteiger partial charge in [-0.15, -0.1) is 10.2 Å². The van der Waals surface area contributed by atoms with Gasteiger partial charge in [0, 0.05) is 21.9 Å². The highest BCUT2D eigenvalue weighted by Crippen LogP contribution is 2.48. The Morgan fingerprint density at radius 3 is 2.00 bits per heavy atom. The van der Waals surface area contributed by atoms with Gasteiger partial charge in [-0.25, -0.2) is 23.2 Å². The molecule has 1 aliphatic heterocycles. The Balaban J connectivity index is 0.000000489. The maximum atomic E-state index is 8.60. The number of hydrogen-bond donors (Lipinski definition) is 1. The van der Waals surface area contributed by atoms with Gasteiger partial charge >= 0.3 is 0 Å². The Morgan fingerprint density at radius 2 is 1.47 bits per heavy atom. The Kier molecular flexibility index (Phi) is 12.1. The number of rotatable bonds is 5. The molecule has 0 radical (unpaired) electrons. The third-order valence-corrected chi connectivity index (χ3v) is 5.16. The van der Waals surface area contributed by atoms with Crippen LogP contribution in [0.3, 0.4) is 0 Å². The Hall–Kier alpha value is -1.52. The summed E-state index contributed by atoms with van der Waals surface area (Å²) in [5.74, 6) is 0. The summed E-state index contributed by atoms with van der Waals surface area (Å²) in [5.41, 5.74) is 3.91. The molecule has 11 nitrogen and oxygen atoms in total. The molecule has 1 N–H and O–H groups in total. The summed E-state index contributed by atoms with van der Waals surface area (Å²) >= 11 is 1.88. The highest BCUT2D eigenvalue weighted by Gasteiger charge is 2.23. The van der Waals surface area contributed by atoms with Crippen LogP contribution in [-0.4, -0.2) is 61.6 Å². The number of halogens is 2. The van der Waals surface area contributed by atoms with Crippen LogP contribution in [0.1, 0.15) is 12.0 Å². The molecule has 0 saturated heterocycles. The molecule has 2 aromatic carbocycles. The fraction of sp³-hybridized carbons (Fsp3) is 0.350. The van der Waals surface area contributed by atoms with E-state index in [1.807, 2.05) is 11.8 Å². The zero-order valence-electron chi connectivity index (χ0n) is 19.1. The van der Waals surface area contributed by atoms with E-state index in [9.17, 15) is 0 Å². The molecule has 0 aliphatic carbocycles. The summed E-state index contributed by atoms with van der Waals surface area (Å²) in [4.78, 5) is 7.41. The third kappa shape index (κ3) is 13.4. The number of para-hydroxylation sites is 1. The van der Waals surface area contributed by atoms with E-state index < -0.39 is 20.5 Å². The van der Waals surface area contributed by atoms with Crippen LogP contribution < -0.4 is 37.5 Å². The summed E-state index contributed by atoms with van der Waals surface area (Å²) in [6.07, 6.45) is 3.31. The van der Waals surface area contributed by atoms with E-state index in [4.69, 9.17) is 37.3 Å². The molecule has 1 aliphatic rings. The molecule has 0 unspecified atom stereocenters. The lowest BCUT2D eigenvalue weighted by Gasteiger charge is -2.33. The lowest BCUT2D eigenvalue weighted by atomic mass is 10.1. The molecule has 0 atom stereocenters. The molecule has 0 bridgehead atoms. The van der Waals surface area contributed by atoms with Gasteiger partial charge in [-0.05, 0) is 57.4 Å². The molecule has 0 aromatic heterocycles. The second kappa shape index (κ2) is 13.5. The summed E-state index contributed by atoms with van der Waals surface area (Å²) in [5, 5.41) is 0. The quantitative estimate of drug-likeness (QED) is 0.282. The van der Waals surface area contributed by atoms with Crippen LogP contribution >= 0.6 is 11.8 Å². The minimum atomic E-state index is -4.94. The highest BCUT2D eigenvalue weighted by molar-refractivity contribution is 7.99. The fourth-order valence-corrected chi connectivity index (χ4v) is 4.16. The number of benzene rings is 2. The number of hydrogen-bond acceptors (Lipinski definition) is 11. The second-order valence-corrected chi connectivity index (χ2v) is 10.1. The average Bonchev–Trinajstić information content (AvgIpc) is 2.64. The van der Waals surface area contributed by atoms with Crippen molar-refractivity contribution in [2.75, 3.05) is 46.2 Å². The summed E-state index contributed by atoms with van der Waals surface area (Å²) in [7, 11) is -1.24. The smallest absolute Gasteiger partial charge is 0.170 e. The molecule has 3 rings (SSSR count). The molecule has 0 fully saturated rings. The average molecular weight is 540 g/mol. The van der Waals surface area contributed by atoms with E-state index in [-0.39, 0.29) is 0 Å². The first kappa shape index (κ1) is 30.5. The predicted octanol–water partition coefficient (Wildman–Crippen LogP) is -4.95. The summed E-state index contributed by atoms with van der Waals surface area (Å²) in [6.45, 7) is 2.15. The first-order chi connectivity index (χ1) is 15.5. The van der Waals surface area contributed by atoms with Crippen molar-refractivity contribution < 1.29 is 62.3 Å². The Morgan fingerprint density at radius 1 is 0.941 bits per heavy atom. The molecule has 0 saturated carbocycles. The Labute approximate surface area is 206 Å². The molecule has 34 heavy (non-hydrogen) atoms. The number of fused-ring (bicyclic) bond motifs is 2. The van der Waals surface area contributed by atoms with Crippen molar-refractivity contribution in [1.29, 1.82) is 0 Å². The summed E-state index contributed by atoms with van der Waals surface area (Å²) < 4.78 is 68.8. The third-order valence-electron chi connectivity index (χ3n) is 4.04. The van der Waals surface area contributed by atoms with Gasteiger partial charge in [0.25, 0.3) is 0 Å². The van der Waals surface area contributed by atoms with E-state index in [2.05, 4.69) is 91.2 Å². The van der Waals surface area contributed by atoms with Crippen molar-refractivity contribution in [3.8, 4) is 0 Å². The number of anilines is 2. The van der Waals surface area contributed by atoms with E-state index in [0.717, 1.165) is 19.5 Å². The minimum absolute atomic E-state index is 1.04. The van der Waals surface area contributed by atoms with Crippen LogP contribution in [0.4, 0.5) is 11.4 Å². The lowest BCUT2D eigenvalue weighted by Crippen LogP contribution is -2.68. The van der Waals surface area contributed by atoms with Crippen LogP contribution in [0.25, 0.3) is 0 Å². The fourth-order valence-electron chi connectivity index (χ4n) is 3.01. The van der Waals surface area contributed by atoms with Gasteiger partial charge in [0.2, 0.25) is 0 Å². The molecule has 1 heterocycles. The molecule has 14 heteroatoms. The largest absolute Gasteiger partial charge is 0.340 e. The van der Waals surface area contributed by atoms with Crippen molar-refractivity contribution >= 4 is 29.4 Å². The van der Waals surface area contributed by atoms with Crippen molar-refractivity contribution in [2.45, 2.75) is 16.2 Å². The molecule has 0 spiro atoms. The van der Waals surface area contributed by atoms with Crippen LogP contribution in [-0.2, 0) is 0 Å². The minimum Gasteiger partial charge on any atom is -0.340 e. The summed E-state index contributed by atoms with van der Waals surface area (Å²) in [6, 6.07) is 15.5. The van der Waals surface area contributed by atoms with Gasteiger partial charge in [0.15, 0.2) is 6.21 Å². The van der Waals surface area contributed by atoms with Crippen molar-refractivity contribution in [2.24, 2.45) is 0 Å². The zero-order valence-corrected chi connectivity index (χ0v) is 21.4. The van der Waals surface area contributed by atoms with Gasteiger partial charge in [-0.1, -0.05) is 23.9 Å². The van der Waals surface area contributed by atoms with E-state index >= 15 is 0 Å². The van der Waals surface area contributed by atoms with Crippen LogP contribution in [0.2, 0.25) is 0 Å². The molecule has 0 amide bonds. The molecular formula is C20H27Cl2N3O8S. The normalized spacial score (nSPS) is 12.6. The van der Waals surface area contributed by atoms with E-state index in [1.54, 1.807) is 0 Å². The second-order valence-electron chi connectivity index (χ2n) is 7.47. The molecule has 2 aromatic rings. The zero-order chi connectivity index (χ0) is 26.1. The van der Waals surface area contributed by atoms with Gasteiger partial charge in [0.1, 0.15) is 14.1 Å². The molecular weight excluding hydrogens is 513 g/mol. The topological polar surface area (TPSA) is 191 Å². The van der Waals surface area contributed by atoms with Crippen LogP contribution in [0.15, 0.2) is 52.3 Å². The van der Waals surface area contributed by atoms with Gasteiger partial charge < -0.3 is 9.80 Å². The Bertz CT molecular complexity index is 924. The predicted molar refractivity (Wildman–Crippen MR) is 107 cm³/mol. The van der Waals surface area contributed by atoms with Gasteiger partial charge in [-0.3, -0.25) is 0 Å². The van der Waals surface area contributed by atoms with Gasteiger partial charge in [-0.2, -0.15) is 14.0 Å². The monoisotopic (exact) mass is 539 g/mol. The maximum Gasteiger partial charge on any atom is 0.170 e. The van der Waals surface area contributed by atoms with Crippen LogP contribution in [0.5, 0.6) is 0 Å². The lowest BCUT2D eigenvalue weighted by molar-refractivity contribution is -2.00. The van der Waals surface area contributed by atoms with E-state index in [1.165, 1.54) is 26.7 Å². The highest BCUT2D eigenvalue weighted by atomic mass is 35.7. The standard InChI is InChI=1S/C20H26N3S.2ClHO4/c1-21(2)12-7-13-23-17-8-5-6-9-19(17)24-20-14-16(15-22(3)4)10-11-18(20)23;2*2-1(3,4)5/h5-6,8-11,14-15H,7,12-13H2,1-4H3;2*(H,2,3,4,5)/q+1;;/p-1. The van der Waals surface area contributed by atoms with E-state index in [0.29, 0.717) is 0 Å². The van der Waals surface area contributed by atoms with Crippen molar-refractivity contribution in [1.82, 2.24) is 4.90 Å². The van der Waals surface area contributed by atoms with Crippen LogP contribution in [0, 0.1) is 20.5 Å². The molecule has 190 valence electrons. The van der Waals surface area contributed by atoms with Gasteiger partial charge in [0.05, 0.1) is 26.3 Å². The first-order valence-electron chi connectivity index (χ1n) is 9.64. The number of nitrogens with zero attached hydrogens (tertiary/aromatic N) is 3.